The summed E-state index contributed by atoms with van der Waals surface area (Å²) in [4.78, 5) is 0. The van der Waals surface area contributed by atoms with Crippen molar-refractivity contribution >= 4 is 12.4 Å². The second-order valence-corrected chi connectivity index (χ2v) is 1.42. The summed E-state index contributed by atoms with van der Waals surface area (Å²) in [5.41, 5.74) is 0. The Morgan fingerprint density at radius 2 is 2.29 bits per heavy atom. The van der Waals surface area contributed by atoms with E-state index in [1.54, 1.807) is 0 Å². The van der Waals surface area contributed by atoms with Gasteiger partial charge < -0.3 is 5.32 Å². The Hall–Kier alpha value is -0.260. The summed E-state index contributed by atoms with van der Waals surface area (Å²) in [7, 11) is 0. The van der Waals surface area contributed by atoms with Crippen LogP contribution >= 0.6 is 12.4 Å². The molecule has 1 fully saturated rings. The molecule has 0 aliphatic carbocycles. The highest BCUT2D eigenvalue weighted by atomic mass is 35.5. The summed E-state index contributed by atoms with van der Waals surface area (Å²) >= 11 is 0. The molecule has 1 rings (SSSR count). The van der Waals surface area contributed by atoms with E-state index in [9.17, 15) is 0 Å². The van der Waals surface area contributed by atoms with E-state index < -0.39 is 0 Å². The van der Waals surface area contributed by atoms with Gasteiger partial charge in [-0.05, 0) is 13.0 Å². The van der Waals surface area contributed by atoms with Crippen LogP contribution in [0.5, 0.6) is 0 Å². The molecule has 0 unspecified atom stereocenters. The monoisotopic (exact) mass is 118 g/mol. The molecule has 0 aromatic carbocycles. The van der Waals surface area contributed by atoms with Gasteiger partial charge in [-0.3, -0.25) is 0 Å². The van der Waals surface area contributed by atoms with Crippen molar-refractivity contribution in [3.63, 3.8) is 0 Å². The van der Waals surface area contributed by atoms with Crippen LogP contribution in [0.15, 0.2) is 0 Å². The van der Waals surface area contributed by atoms with Gasteiger partial charge in [0.05, 0.1) is 12.1 Å². The number of nitrogens with zero attached hydrogens (tertiary/aromatic N) is 1. The van der Waals surface area contributed by atoms with E-state index >= 15 is 0 Å². The van der Waals surface area contributed by atoms with Crippen LogP contribution in [0.2, 0.25) is 0 Å². The zero-order valence-corrected chi connectivity index (χ0v) is 4.66. The van der Waals surface area contributed by atoms with Crippen LogP contribution in [-0.2, 0) is 0 Å². The average molecular weight is 119 g/mol. The quantitative estimate of drug-likeness (QED) is 0.497. The lowest BCUT2D eigenvalue weighted by Crippen LogP contribution is -2.41. The highest BCUT2D eigenvalue weighted by Gasteiger charge is 2.13. The van der Waals surface area contributed by atoms with E-state index in [-0.39, 0.29) is 18.4 Å². The molecule has 1 saturated heterocycles. The molecule has 2 nitrogen and oxygen atoms in total. The molecule has 0 radical (unpaired) electrons. The first-order valence-corrected chi connectivity index (χ1v) is 2.06. The summed E-state index contributed by atoms with van der Waals surface area (Å²) < 4.78 is 0. The standard InChI is InChI=1S/C4H6N2.ClH/c5-3-4-1-2-6-4;/h4,6H,1-2H2;1H/t4-;/m1./s1. The van der Waals surface area contributed by atoms with Gasteiger partial charge in [0.25, 0.3) is 0 Å². The fraction of sp³-hybridized carbons (Fsp3) is 0.750. The fourth-order valence-corrected chi connectivity index (χ4v) is 0.399. The summed E-state index contributed by atoms with van der Waals surface area (Å²) in [6, 6.07) is 2.26. The van der Waals surface area contributed by atoms with Gasteiger partial charge in [-0.25, -0.2) is 0 Å². The Morgan fingerprint density at radius 3 is 2.29 bits per heavy atom. The molecule has 0 aromatic heterocycles. The van der Waals surface area contributed by atoms with Crippen molar-refractivity contribution in [3.8, 4) is 6.07 Å². The minimum atomic E-state index is 0. The fourth-order valence-electron chi connectivity index (χ4n) is 0.399. The van der Waals surface area contributed by atoms with Gasteiger partial charge in [0.15, 0.2) is 0 Å². The minimum absolute atomic E-state index is 0. The SMILES string of the molecule is Cl.N#C[C@H]1CCN1. The van der Waals surface area contributed by atoms with Gasteiger partial charge >= 0.3 is 0 Å². The van der Waals surface area contributed by atoms with Crippen molar-refractivity contribution in [2.45, 2.75) is 12.5 Å². The first-order valence-electron chi connectivity index (χ1n) is 2.06. The van der Waals surface area contributed by atoms with Gasteiger partial charge in [0.2, 0.25) is 0 Å². The van der Waals surface area contributed by atoms with Gasteiger partial charge in [-0.1, -0.05) is 0 Å². The van der Waals surface area contributed by atoms with Crippen molar-refractivity contribution in [3.05, 3.63) is 0 Å². The Labute approximate surface area is 48.9 Å². The number of halogens is 1. The van der Waals surface area contributed by atoms with Crippen LogP contribution in [0, 0.1) is 11.3 Å². The lowest BCUT2D eigenvalue weighted by Gasteiger charge is -2.19. The van der Waals surface area contributed by atoms with Crippen molar-refractivity contribution in [1.29, 1.82) is 5.26 Å². The summed E-state index contributed by atoms with van der Waals surface area (Å²) in [5.74, 6) is 0. The second kappa shape index (κ2) is 2.84. The smallest absolute Gasteiger partial charge is 0.0965 e. The number of nitriles is 1. The highest BCUT2D eigenvalue weighted by Crippen LogP contribution is 1.97. The molecule has 7 heavy (non-hydrogen) atoms. The van der Waals surface area contributed by atoms with Crippen molar-refractivity contribution in [2.24, 2.45) is 0 Å². The number of hydrogen-bond donors (Lipinski definition) is 1. The van der Waals surface area contributed by atoms with Crippen molar-refractivity contribution in [2.75, 3.05) is 6.54 Å². The highest BCUT2D eigenvalue weighted by molar-refractivity contribution is 5.85. The molecule has 0 amide bonds. The lowest BCUT2D eigenvalue weighted by molar-refractivity contribution is 0.445. The molecule has 0 bridgehead atoms. The van der Waals surface area contributed by atoms with Gasteiger partial charge in [-0.2, -0.15) is 5.26 Å². The van der Waals surface area contributed by atoms with Crippen LogP contribution in [-0.4, -0.2) is 12.6 Å². The average Bonchev–Trinajstić information content (AvgIpc) is 1.31. The Balaban J connectivity index is 0.000000360. The molecule has 0 saturated carbocycles. The van der Waals surface area contributed by atoms with E-state index in [2.05, 4.69) is 11.4 Å². The molecule has 0 spiro atoms. The third-order valence-electron chi connectivity index (χ3n) is 0.980. The lowest BCUT2D eigenvalue weighted by atomic mass is 10.1. The number of rotatable bonds is 0. The first-order chi connectivity index (χ1) is 2.93. The van der Waals surface area contributed by atoms with Gasteiger partial charge in [0.1, 0.15) is 0 Å². The van der Waals surface area contributed by atoms with Gasteiger partial charge in [-0.15, -0.1) is 12.4 Å². The van der Waals surface area contributed by atoms with Crippen LogP contribution in [0.3, 0.4) is 0 Å². The maximum absolute atomic E-state index is 8.07. The maximum atomic E-state index is 8.07. The summed E-state index contributed by atoms with van der Waals surface area (Å²) in [5, 5.41) is 11.0. The molecular formula is C4H7ClN2. The minimum Gasteiger partial charge on any atom is -0.302 e. The molecule has 3 heteroatoms. The summed E-state index contributed by atoms with van der Waals surface area (Å²) in [6.45, 7) is 1.03. The van der Waals surface area contributed by atoms with E-state index in [1.165, 1.54) is 0 Å². The zero-order valence-electron chi connectivity index (χ0n) is 3.85. The normalized spacial score (nSPS) is 26.4. The van der Waals surface area contributed by atoms with E-state index in [1.807, 2.05) is 0 Å². The summed E-state index contributed by atoms with van der Waals surface area (Å²) in [6.07, 6.45) is 1.04. The molecule has 40 valence electrons. The number of nitrogens with one attached hydrogen (secondary N) is 1. The molecule has 1 heterocycles. The molecule has 1 N–H and O–H groups in total. The van der Waals surface area contributed by atoms with Crippen LogP contribution < -0.4 is 5.32 Å². The van der Waals surface area contributed by atoms with E-state index in [0.29, 0.717) is 0 Å². The predicted octanol–water partition coefficient (Wildman–Crippen LogP) is 0.294. The predicted molar refractivity (Wildman–Crippen MR) is 29.3 cm³/mol. The third kappa shape index (κ3) is 1.34. The zero-order chi connectivity index (χ0) is 4.41. The Kier molecular flexibility index (Phi) is 2.73. The topological polar surface area (TPSA) is 35.8 Å². The van der Waals surface area contributed by atoms with Crippen LogP contribution in [0.4, 0.5) is 0 Å². The third-order valence-corrected chi connectivity index (χ3v) is 0.980. The van der Waals surface area contributed by atoms with Crippen molar-refractivity contribution < 1.29 is 0 Å². The maximum Gasteiger partial charge on any atom is 0.0965 e. The van der Waals surface area contributed by atoms with Crippen LogP contribution in [0.1, 0.15) is 6.42 Å². The van der Waals surface area contributed by atoms with Crippen LogP contribution in [0.25, 0.3) is 0 Å². The largest absolute Gasteiger partial charge is 0.302 e. The Morgan fingerprint density at radius 1 is 1.71 bits per heavy atom. The number of hydrogen-bond acceptors (Lipinski definition) is 2. The molecule has 1 atom stereocenters. The van der Waals surface area contributed by atoms with Gasteiger partial charge in [0, 0.05) is 0 Å². The Bertz CT molecular complexity index is 82.2. The van der Waals surface area contributed by atoms with E-state index in [0.717, 1.165) is 13.0 Å². The van der Waals surface area contributed by atoms with E-state index in [4.69, 9.17) is 5.26 Å². The van der Waals surface area contributed by atoms with Crippen molar-refractivity contribution in [1.82, 2.24) is 5.32 Å². The molecular weight excluding hydrogens is 112 g/mol. The molecule has 1 aliphatic heterocycles. The molecule has 1 aliphatic rings. The molecule has 0 aromatic rings. The first kappa shape index (κ1) is 6.74. The second-order valence-electron chi connectivity index (χ2n) is 1.42.